The Balaban J connectivity index is 1.85. The van der Waals surface area contributed by atoms with Crippen LogP contribution in [0.3, 0.4) is 0 Å². The molecule has 0 radical (unpaired) electrons. The summed E-state index contributed by atoms with van der Waals surface area (Å²) in [5.41, 5.74) is 2.69. The molecule has 0 spiro atoms. The van der Waals surface area contributed by atoms with Crippen molar-refractivity contribution in [1.29, 1.82) is 0 Å². The van der Waals surface area contributed by atoms with E-state index in [1.807, 2.05) is 31.2 Å². The summed E-state index contributed by atoms with van der Waals surface area (Å²) in [5.74, 6) is 0.0965. The number of hydrogen-bond donors (Lipinski definition) is 1. The van der Waals surface area contributed by atoms with Gasteiger partial charge in [-0.3, -0.25) is 4.79 Å². The van der Waals surface area contributed by atoms with Crippen LogP contribution in [0.15, 0.2) is 54.7 Å². The fourth-order valence-electron chi connectivity index (χ4n) is 2.64. The highest BCUT2D eigenvalue weighted by Gasteiger charge is 2.19. The number of aromatic nitrogens is 2. The van der Waals surface area contributed by atoms with E-state index in [1.165, 1.54) is 22.4 Å². The molecule has 140 valence electrons. The molecule has 3 aromatic rings. The van der Waals surface area contributed by atoms with E-state index in [0.717, 1.165) is 0 Å². The van der Waals surface area contributed by atoms with Gasteiger partial charge in [0.25, 0.3) is 5.91 Å². The third-order valence-corrected chi connectivity index (χ3v) is 4.12. The SMILES string of the molecule is CCOc1cn(-c2ccc(F)cc2)nc1C(=O)Nc1ccc(C(C)C)cc1. The van der Waals surface area contributed by atoms with Crippen LogP contribution in [0.2, 0.25) is 0 Å². The average Bonchev–Trinajstić information content (AvgIpc) is 3.07. The van der Waals surface area contributed by atoms with Gasteiger partial charge in [-0.25, -0.2) is 9.07 Å². The number of amides is 1. The van der Waals surface area contributed by atoms with Crippen molar-refractivity contribution in [3.63, 3.8) is 0 Å². The third kappa shape index (κ3) is 4.34. The van der Waals surface area contributed by atoms with Gasteiger partial charge in [0.1, 0.15) is 5.82 Å². The number of anilines is 1. The van der Waals surface area contributed by atoms with Gasteiger partial charge in [0.2, 0.25) is 0 Å². The van der Waals surface area contributed by atoms with E-state index < -0.39 is 0 Å². The molecule has 0 saturated heterocycles. The van der Waals surface area contributed by atoms with Crippen LogP contribution in [-0.4, -0.2) is 22.3 Å². The van der Waals surface area contributed by atoms with Crippen molar-refractivity contribution in [1.82, 2.24) is 9.78 Å². The minimum absolute atomic E-state index is 0.175. The molecule has 1 amide bonds. The van der Waals surface area contributed by atoms with Gasteiger partial charge in [-0.1, -0.05) is 26.0 Å². The molecule has 6 heteroatoms. The number of nitrogens with one attached hydrogen (secondary N) is 1. The van der Waals surface area contributed by atoms with Crippen molar-refractivity contribution in [2.24, 2.45) is 0 Å². The minimum Gasteiger partial charge on any atom is -0.490 e. The highest BCUT2D eigenvalue weighted by molar-refractivity contribution is 6.04. The number of carbonyl (C=O) groups excluding carboxylic acids is 1. The lowest BCUT2D eigenvalue weighted by atomic mass is 10.0. The topological polar surface area (TPSA) is 56.2 Å². The Hall–Kier alpha value is -3.15. The summed E-state index contributed by atoms with van der Waals surface area (Å²) in [7, 11) is 0. The van der Waals surface area contributed by atoms with Crippen molar-refractivity contribution >= 4 is 11.6 Å². The highest BCUT2D eigenvalue weighted by atomic mass is 19.1. The molecular formula is C21H22FN3O2. The highest BCUT2D eigenvalue weighted by Crippen LogP contribution is 2.22. The second-order valence-electron chi connectivity index (χ2n) is 6.43. The maximum atomic E-state index is 13.1. The van der Waals surface area contributed by atoms with E-state index in [4.69, 9.17) is 4.74 Å². The van der Waals surface area contributed by atoms with E-state index in [2.05, 4.69) is 24.3 Å². The number of carbonyl (C=O) groups is 1. The molecular weight excluding hydrogens is 345 g/mol. The first-order valence-corrected chi connectivity index (χ1v) is 8.87. The Morgan fingerprint density at radius 2 is 1.81 bits per heavy atom. The van der Waals surface area contributed by atoms with Crippen molar-refractivity contribution in [2.75, 3.05) is 11.9 Å². The fourth-order valence-corrected chi connectivity index (χ4v) is 2.64. The summed E-state index contributed by atoms with van der Waals surface area (Å²) in [5, 5.41) is 7.17. The number of halogens is 1. The molecule has 0 fully saturated rings. The first-order valence-electron chi connectivity index (χ1n) is 8.87. The fraction of sp³-hybridized carbons (Fsp3) is 0.238. The maximum Gasteiger partial charge on any atom is 0.280 e. The molecule has 2 aromatic carbocycles. The zero-order chi connectivity index (χ0) is 19.4. The molecule has 1 heterocycles. The molecule has 0 bridgehead atoms. The molecule has 5 nitrogen and oxygen atoms in total. The summed E-state index contributed by atoms with van der Waals surface area (Å²) in [4.78, 5) is 12.7. The standard InChI is InChI=1S/C21H22FN3O2/c1-4-27-19-13-25(18-11-7-16(22)8-12-18)24-20(19)21(26)23-17-9-5-15(6-10-17)14(2)3/h5-14H,4H2,1-3H3,(H,23,26). The zero-order valence-corrected chi connectivity index (χ0v) is 15.6. The Morgan fingerprint density at radius 3 is 2.41 bits per heavy atom. The maximum absolute atomic E-state index is 13.1. The van der Waals surface area contributed by atoms with Crippen molar-refractivity contribution in [3.05, 3.63) is 71.8 Å². The van der Waals surface area contributed by atoms with Crippen LogP contribution in [0, 0.1) is 5.82 Å². The van der Waals surface area contributed by atoms with Crippen LogP contribution >= 0.6 is 0 Å². The van der Waals surface area contributed by atoms with E-state index in [-0.39, 0.29) is 17.4 Å². The van der Waals surface area contributed by atoms with Crippen LogP contribution in [0.5, 0.6) is 5.75 Å². The monoisotopic (exact) mass is 367 g/mol. The molecule has 0 aliphatic rings. The predicted molar refractivity (Wildman–Crippen MR) is 103 cm³/mol. The van der Waals surface area contributed by atoms with Crippen LogP contribution in [0.1, 0.15) is 42.7 Å². The number of benzene rings is 2. The first-order chi connectivity index (χ1) is 13.0. The average molecular weight is 367 g/mol. The van der Waals surface area contributed by atoms with Crippen LogP contribution in [-0.2, 0) is 0 Å². The van der Waals surface area contributed by atoms with Crippen molar-refractivity contribution in [2.45, 2.75) is 26.7 Å². The molecule has 0 unspecified atom stereocenters. The lowest BCUT2D eigenvalue weighted by Gasteiger charge is -2.08. The summed E-state index contributed by atoms with van der Waals surface area (Å²) >= 11 is 0. The molecule has 1 aromatic heterocycles. The summed E-state index contributed by atoms with van der Waals surface area (Å²) in [6.45, 7) is 6.47. The molecule has 0 atom stereocenters. The van der Waals surface area contributed by atoms with E-state index in [1.54, 1.807) is 18.3 Å². The van der Waals surface area contributed by atoms with E-state index >= 15 is 0 Å². The predicted octanol–water partition coefficient (Wildman–Crippen LogP) is 4.79. The molecule has 1 N–H and O–H groups in total. The van der Waals surface area contributed by atoms with Gasteiger partial charge in [-0.2, -0.15) is 5.10 Å². The number of hydrogen-bond acceptors (Lipinski definition) is 3. The van der Waals surface area contributed by atoms with Gasteiger partial charge < -0.3 is 10.1 Å². The Labute approximate surface area is 157 Å². The van der Waals surface area contributed by atoms with Gasteiger partial charge in [-0.15, -0.1) is 0 Å². The summed E-state index contributed by atoms with van der Waals surface area (Å²) in [6, 6.07) is 13.6. The minimum atomic E-state index is -0.364. The largest absolute Gasteiger partial charge is 0.490 e. The lowest BCUT2D eigenvalue weighted by Crippen LogP contribution is -2.14. The Bertz CT molecular complexity index is 916. The molecule has 0 aliphatic carbocycles. The molecule has 3 rings (SSSR count). The Morgan fingerprint density at radius 1 is 1.15 bits per heavy atom. The Kier molecular flexibility index (Phi) is 5.54. The quantitative estimate of drug-likeness (QED) is 0.682. The number of rotatable bonds is 6. The van der Waals surface area contributed by atoms with Crippen LogP contribution < -0.4 is 10.1 Å². The normalized spacial score (nSPS) is 10.9. The van der Waals surface area contributed by atoms with Gasteiger partial charge in [-0.05, 0) is 54.8 Å². The van der Waals surface area contributed by atoms with Crippen molar-refractivity contribution in [3.8, 4) is 11.4 Å². The zero-order valence-electron chi connectivity index (χ0n) is 15.6. The molecule has 27 heavy (non-hydrogen) atoms. The van der Waals surface area contributed by atoms with Crippen LogP contribution in [0.4, 0.5) is 10.1 Å². The van der Waals surface area contributed by atoms with Gasteiger partial charge in [0, 0.05) is 5.69 Å². The van der Waals surface area contributed by atoms with E-state index in [9.17, 15) is 9.18 Å². The van der Waals surface area contributed by atoms with E-state index in [0.29, 0.717) is 29.6 Å². The van der Waals surface area contributed by atoms with Gasteiger partial charge in [0.05, 0.1) is 18.5 Å². The number of nitrogens with zero attached hydrogens (tertiary/aromatic N) is 2. The second-order valence-corrected chi connectivity index (χ2v) is 6.43. The second kappa shape index (κ2) is 8.03. The first kappa shape index (κ1) is 18.6. The summed E-state index contributed by atoms with van der Waals surface area (Å²) in [6.07, 6.45) is 1.62. The third-order valence-electron chi connectivity index (χ3n) is 4.12. The molecule has 0 aliphatic heterocycles. The number of ether oxygens (including phenoxy) is 1. The lowest BCUT2D eigenvalue weighted by molar-refractivity contribution is 0.101. The van der Waals surface area contributed by atoms with Gasteiger partial charge >= 0.3 is 0 Å². The smallest absolute Gasteiger partial charge is 0.280 e. The summed E-state index contributed by atoms with van der Waals surface area (Å²) < 4.78 is 20.2. The van der Waals surface area contributed by atoms with Gasteiger partial charge in [0.15, 0.2) is 11.4 Å². The van der Waals surface area contributed by atoms with Crippen LogP contribution in [0.25, 0.3) is 5.69 Å². The molecule has 0 saturated carbocycles. The van der Waals surface area contributed by atoms with Crippen molar-refractivity contribution < 1.29 is 13.9 Å².